The zero-order chi connectivity index (χ0) is 13.3. The summed E-state index contributed by atoms with van der Waals surface area (Å²) in [5.74, 6) is 0.708. The molecule has 1 atom stereocenters. The number of amidine groups is 1. The average Bonchev–Trinajstić information content (AvgIpc) is 1.93. The molecule has 0 radical (unpaired) electrons. The Morgan fingerprint density at radius 3 is 2.00 bits per heavy atom. The lowest BCUT2D eigenvalue weighted by atomic mass is 10.1. The van der Waals surface area contributed by atoms with Crippen LogP contribution in [-0.4, -0.2) is 29.2 Å². The molecule has 0 aliphatic carbocycles. The van der Waals surface area contributed by atoms with E-state index in [1.807, 2.05) is 48.5 Å². The van der Waals surface area contributed by atoms with E-state index in [1.54, 1.807) is 0 Å². The Morgan fingerprint density at radius 1 is 1.00 bits per heavy atom. The Bertz CT molecular complexity index is 332. The third kappa shape index (κ3) is 5.71. The molecule has 0 saturated heterocycles. The zero-order valence-electron chi connectivity index (χ0n) is 12.0. The van der Waals surface area contributed by atoms with Gasteiger partial charge in [-0.15, -0.1) is 0 Å². The molecule has 0 fully saturated rings. The van der Waals surface area contributed by atoms with Gasteiger partial charge in [0.1, 0.15) is 11.2 Å². The molecule has 0 bridgehead atoms. The molecule has 98 valence electrons. The van der Waals surface area contributed by atoms with Crippen molar-refractivity contribution < 1.29 is 9.47 Å². The molecule has 1 unspecified atom stereocenters. The molecule has 17 heavy (non-hydrogen) atoms. The molecule has 1 aliphatic heterocycles. The fraction of sp³-hybridized carbons (Fsp3) is 0.846. The summed E-state index contributed by atoms with van der Waals surface area (Å²) in [6.45, 7) is 14.0. The molecule has 4 heteroatoms. The Morgan fingerprint density at radius 2 is 1.53 bits per heavy atom. The number of aliphatic imine (C=N–C) groups is 2. The van der Waals surface area contributed by atoms with Crippen molar-refractivity contribution in [3.8, 4) is 0 Å². The van der Waals surface area contributed by atoms with Gasteiger partial charge in [-0.3, -0.25) is 0 Å². The molecule has 0 aromatic carbocycles. The van der Waals surface area contributed by atoms with Crippen molar-refractivity contribution in [3.63, 3.8) is 0 Å². The van der Waals surface area contributed by atoms with Gasteiger partial charge in [-0.2, -0.15) is 4.99 Å². The fourth-order valence-corrected chi connectivity index (χ4v) is 1.41. The van der Waals surface area contributed by atoms with Crippen LogP contribution in [0.2, 0.25) is 0 Å². The third-order valence-electron chi connectivity index (χ3n) is 1.84. The highest BCUT2D eigenvalue weighted by atomic mass is 16.5. The van der Waals surface area contributed by atoms with Gasteiger partial charge in [0.15, 0.2) is 5.90 Å². The largest absolute Gasteiger partial charge is 0.475 e. The van der Waals surface area contributed by atoms with Crippen LogP contribution in [0.25, 0.3) is 0 Å². The maximum atomic E-state index is 5.78. The van der Waals surface area contributed by atoms with Gasteiger partial charge in [-0.25, -0.2) is 4.99 Å². The lowest BCUT2D eigenvalue weighted by Gasteiger charge is -2.27. The second-order valence-corrected chi connectivity index (χ2v) is 6.40. The first kappa shape index (κ1) is 14.0. The van der Waals surface area contributed by atoms with Crippen molar-refractivity contribution in [2.24, 2.45) is 9.98 Å². The summed E-state index contributed by atoms with van der Waals surface area (Å²) in [7, 11) is 0. The van der Waals surface area contributed by atoms with Gasteiger partial charge >= 0.3 is 6.02 Å². The smallest absolute Gasteiger partial charge is 0.315 e. The second kappa shape index (κ2) is 4.67. The molecular weight excluding hydrogens is 216 g/mol. The van der Waals surface area contributed by atoms with E-state index in [9.17, 15) is 0 Å². The van der Waals surface area contributed by atoms with Gasteiger partial charge in [-0.1, -0.05) is 0 Å². The summed E-state index contributed by atoms with van der Waals surface area (Å²) < 4.78 is 11.5. The van der Waals surface area contributed by atoms with E-state index in [1.165, 1.54) is 0 Å². The minimum absolute atomic E-state index is 0.155. The van der Waals surface area contributed by atoms with Crippen molar-refractivity contribution in [3.05, 3.63) is 0 Å². The summed E-state index contributed by atoms with van der Waals surface area (Å²) in [4.78, 5) is 8.70. The zero-order valence-corrected chi connectivity index (χ0v) is 12.0. The average molecular weight is 240 g/mol. The SMILES string of the molecule is CC1CC(OC(C)(C)C)=NC(OC(C)(C)C)=N1. The van der Waals surface area contributed by atoms with Crippen molar-refractivity contribution in [1.82, 2.24) is 0 Å². The van der Waals surface area contributed by atoms with Gasteiger partial charge in [0.25, 0.3) is 0 Å². The standard InChI is InChI=1S/C13H24N2O2/c1-9-8-10(16-12(2,3)4)15-11(14-9)17-13(5,6)7/h9H,8H2,1-7H3. The molecular formula is C13H24N2O2. The summed E-state index contributed by atoms with van der Waals surface area (Å²) in [5.41, 5.74) is -0.519. The number of rotatable bonds is 0. The van der Waals surface area contributed by atoms with E-state index in [4.69, 9.17) is 9.47 Å². The maximum Gasteiger partial charge on any atom is 0.315 e. The molecule has 0 aromatic heterocycles. The number of ether oxygens (including phenoxy) is 2. The molecule has 0 amide bonds. The van der Waals surface area contributed by atoms with Crippen LogP contribution in [0.5, 0.6) is 0 Å². The predicted molar refractivity (Wildman–Crippen MR) is 70.6 cm³/mol. The highest BCUT2D eigenvalue weighted by Crippen LogP contribution is 2.18. The normalized spacial score (nSPS) is 21.7. The van der Waals surface area contributed by atoms with E-state index in [-0.39, 0.29) is 17.2 Å². The van der Waals surface area contributed by atoms with Crippen LogP contribution in [0, 0.1) is 0 Å². The Hall–Kier alpha value is -1.06. The van der Waals surface area contributed by atoms with Gasteiger partial charge in [0.05, 0.1) is 6.04 Å². The first-order chi connectivity index (χ1) is 7.55. The van der Waals surface area contributed by atoms with E-state index >= 15 is 0 Å². The van der Waals surface area contributed by atoms with Crippen LogP contribution in [0.15, 0.2) is 9.98 Å². The van der Waals surface area contributed by atoms with E-state index in [0.717, 1.165) is 6.42 Å². The Kier molecular flexibility index (Phi) is 3.84. The fourth-order valence-electron chi connectivity index (χ4n) is 1.41. The van der Waals surface area contributed by atoms with E-state index < -0.39 is 0 Å². The second-order valence-electron chi connectivity index (χ2n) is 6.40. The molecule has 0 aromatic rings. The van der Waals surface area contributed by atoms with E-state index in [0.29, 0.717) is 11.9 Å². The van der Waals surface area contributed by atoms with Gasteiger partial charge in [0.2, 0.25) is 0 Å². The predicted octanol–water partition coefficient (Wildman–Crippen LogP) is 3.16. The summed E-state index contributed by atoms with van der Waals surface area (Å²) in [6.07, 6.45) is 0.730. The van der Waals surface area contributed by atoms with Crippen molar-refractivity contribution in [2.45, 2.75) is 72.1 Å². The van der Waals surface area contributed by atoms with Gasteiger partial charge < -0.3 is 9.47 Å². The van der Waals surface area contributed by atoms with Crippen LogP contribution in [0.3, 0.4) is 0 Å². The number of nitrogens with zero attached hydrogens (tertiary/aromatic N) is 2. The minimum atomic E-state index is -0.285. The van der Waals surface area contributed by atoms with Crippen molar-refractivity contribution in [2.75, 3.05) is 0 Å². The summed E-state index contributed by atoms with van der Waals surface area (Å²) in [6, 6.07) is 0.581. The molecule has 4 nitrogen and oxygen atoms in total. The topological polar surface area (TPSA) is 43.2 Å². The molecule has 0 saturated carbocycles. The highest BCUT2D eigenvalue weighted by Gasteiger charge is 2.24. The van der Waals surface area contributed by atoms with Gasteiger partial charge in [0, 0.05) is 6.42 Å². The van der Waals surface area contributed by atoms with Gasteiger partial charge in [-0.05, 0) is 48.5 Å². The number of hydrogen-bond donors (Lipinski definition) is 0. The Labute approximate surface area is 104 Å². The molecule has 0 spiro atoms. The Balaban J connectivity index is 2.78. The highest BCUT2D eigenvalue weighted by molar-refractivity contribution is 5.93. The van der Waals surface area contributed by atoms with Crippen LogP contribution < -0.4 is 0 Å². The maximum absolute atomic E-state index is 5.78. The third-order valence-corrected chi connectivity index (χ3v) is 1.84. The lowest BCUT2D eigenvalue weighted by Crippen LogP contribution is -2.32. The summed E-state index contributed by atoms with van der Waals surface area (Å²) in [5, 5.41) is 0. The van der Waals surface area contributed by atoms with Crippen molar-refractivity contribution in [1.29, 1.82) is 0 Å². The molecule has 1 aliphatic rings. The monoisotopic (exact) mass is 240 g/mol. The van der Waals surface area contributed by atoms with Crippen LogP contribution in [-0.2, 0) is 9.47 Å². The van der Waals surface area contributed by atoms with Crippen molar-refractivity contribution >= 4 is 11.9 Å². The first-order valence-corrected chi connectivity index (χ1v) is 6.08. The van der Waals surface area contributed by atoms with Crippen LogP contribution in [0.4, 0.5) is 0 Å². The summed E-state index contributed by atoms with van der Waals surface area (Å²) >= 11 is 0. The minimum Gasteiger partial charge on any atom is -0.475 e. The lowest BCUT2D eigenvalue weighted by molar-refractivity contribution is 0.101. The first-order valence-electron chi connectivity index (χ1n) is 6.08. The molecule has 1 heterocycles. The number of hydrogen-bond acceptors (Lipinski definition) is 4. The quantitative estimate of drug-likeness (QED) is 0.652. The molecule has 1 rings (SSSR count). The van der Waals surface area contributed by atoms with Crippen LogP contribution in [0.1, 0.15) is 54.9 Å². The van der Waals surface area contributed by atoms with Crippen LogP contribution >= 0.6 is 0 Å². The molecule has 0 N–H and O–H groups in total. The van der Waals surface area contributed by atoms with E-state index in [2.05, 4.69) is 9.98 Å².